The van der Waals surface area contributed by atoms with E-state index in [1.165, 1.54) is 50.2 Å². The maximum Gasteiger partial charge on any atom is 0.413 e. The summed E-state index contributed by atoms with van der Waals surface area (Å²) in [6.45, 7) is 2.72. The van der Waals surface area contributed by atoms with Crippen LogP contribution in [0.15, 0.2) is 79.0 Å². The summed E-state index contributed by atoms with van der Waals surface area (Å²) in [7, 11) is 0. The Kier molecular flexibility index (Phi) is 10.6. The number of aromatic carboxylic acids is 1. The van der Waals surface area contributed by atoms with Crippen molar-refractivity contribution in [2.75, 3.05) is 6.61 Å². The van der Waals surface area contributed by atoms with Gasteiger partial charge in [0.1, 0.15) is 18.1 Å². The summed E-state index contributed by atoms with van der Waals surface area (Å²) in [4.78, 5) is 24.0. The Hall–Kier alpha value is -4.33. The fourth-order valence-corrected chi connectivity index (χ4v) is 4.56. The standard InChI is InChI=1S/C32H37N3O5/c1-2-3-4-5-6-8-11-24-14-17-28(18-15-24)39-23-27(34-32(38)40-29-12-9-7-10-13-29)22-35-30-19-16-25(31(36)37)20-26(30)21-33-35/h7,9-10,12-21,27H,2-6,8,11,22-23H2,1H3,(H,34,38)(H,36,37). The van der Waals surface area contributed by atoms with Gasteiger partial charge in [-0.25, -0.2) is 9.59 Å². The number of aromatic nitrogens is 2. The number of rotatable bonds is 15. The Balaban J connectivity index is 1.38. The number of aryl methyl sites for hydroxylation is 1. The first-order valence-corrected chi connectivity index (χ1v) is 14.0. The molecule has 0 aliphatic rings. The Bertz CT molecular complexity index is 1370. The van der Waals surface area contributed by atoms with Crippen molar-refractivity contribution in [1.29, 1.82) is 0 Å². The normalized spacial score (nSPS) is 11.7. The zero-order chi connectivity index (χ0) is 28.2. The van der Waals surface area contributed by atoms with Crippen molar-refractivity contribution in [1.82, 2.24) is 15.1 Å². The van der Waals surface area contributed by atoms with E-state index in [9.17, 15) is 14.7 Å². The molecule has 40 heavy (non-hydrogen) atoms. The molecule has 8 nitrogen and oxygen atoms in total. The molecule has 0 saturated heterocycles. The summed E-state index contributed by atoms with van der Waals surface area (Å²) in [6, 6.07) is 21.3. The van der Waals surface area contributed by atoms with Gasteiger partial charge in [0, 0.05) is 5.39 Å². The van der Waals surface area contributed by atoms with Gasteiger partial charge >= 0.3 is 12.1 Å². The predicted molar refractivity (Wildman–Crippen MR) is 155 cm³/mol. The Morgan fingerprint density at radius 3 is 2.42 bits per heavy atom. The lowest BCUT2D eigenvalue weighted by Gasteiger charge is -2.20. The first-order chi connectivity index (χ1) is 19.5. The van der Waals surface area contributed by atoms with Crippen LogP contribution in [0.1, 0.15) is 61.4 Å². The van der Waals surface area contributed by atoms with Gasteiger partial charge in [0.2, 0.25) is 0 Å². The summed E-state index contributed by atoms with van der Waals surface area (Å²) in [5.74, 6) is 0.155. The van der Waals surface area contributed by atoms with Gasteiger partial charge in [0.25, 0.3) is 0 Å². The summed E-state index contributed by atoms with van der Waals surface area (Å²) >= 11 is 0. The molecule has 2 N–H and O–H groups in total. The van der Waals surface area contributed by atoms with Gasteiger partial charge in [0.15, 0.2) is 0 Å². The van der Waals surface area contributed by atoms with Crippen LogP contribution in [0.25, 0.3) is 10.9 Å². The number of fused-ring (bicyclic) bond motifs is 1. The molecule has 0 spiro atoms. The third-order valence-corrected chi connectivity index (χ3v) is 6.75. The Morgan fingerprint density at radius 2 is 1.68 bits per heavy atom. The van der Waals surface area contributed by atoms with Crippen molar-refractivity contribution in [3.8, 4) is 11.5 Å². The molecule has 210 valence electrons. The number of hydrogen-bond donors (Lipinski definition) is 2. The molecule has 0 aliphatic carbocycles. The van der Waals surface area contributed by atoms with Gasteiger partial charge in [-0.3, -0.25) is 4.68 Å². The molecule has 3 aromatic carbocycles. The number of carboxylic acids is 1. The van der Waals surface area contributed by atoms with Crippen LogP contribution >= 0.6 is 0 Å². The molecule has 4 aromatic rings. The molecular formula is C32H37N3O5. The molecule has 1 unspecified atom stereocenters. The minimum atomic E-state index is -0.996. The van der Waals surface area contributed by atoms with Gasteiger partial charge < -0.3 is 19.9 Å². The molecule has 8 heteroatoms. The van der Waals surface area contributed by atoms with E-state index >= 15 is 0 Å². The maximum absolute atomic E-state index is 12.7. The lowest BCUT2D eigenvalue weighted by atomic mass is 10.0. The summed E-state index contributed by atoms with van der Waals surface area (Å²) in [5, 5.41) is 17.3. The molecule has 0 aliphatic heterocycles. The van der Waals surface area contributed by atoms with Crippen molar-refractivity contribution >= 4 is 23.0 Å². The SMILES string of the molecule is CCCCCCCCc1ccc(OCC(Cn2ncc3cc(C(=O)O)ccc32)NC(=O)Oc2ccccc2)cc1. The third kappa shape index (κ3) is 8.59. The predicted octanol–water partition coefficient (Wildman–Crippen LogP) is 6.87. The van der Waals surface area contributed by atoms with Crippen LogP contribution in [-0.4, -0.2) is 39.6 Å². The molecule has 0 fully saturated rings. The summed E-state index contributed by atoms with van der Waals surface area (Å²) < 4.78 is 13.2. The van der Waals surface area contributed by atoms with Gasteiger partial charge in [0.05, 0.1) is 29.9 Å². The van der Waals surface area contributed by atoms with Crippen molar-refractivity contribution in [2.24, 2.45) is 0 Å². The Morgan fingerprint density at radius 1 is 0.925 bits per heavy atom. The van der Waals surface area contributed by atoms with Gasteiger partial charge in [-0.05, 0) is 60.9 Å². The molecule has 0 radical (unpaired) electrons. The number of nitrogens with one attached hydrogen (secondary N) is 1. The fourth-order valence-electron chi connectivity index (χ4n) is 4.56. The van der Waals surface area contributed by atoms with E-state index in [2.05, 4.69) is 29.5 Å². The van der Waals surface area contributed by atoms with E-state index < -0.39 is 18.1 Å². The average Bonchev–Trinajstić information content (AvgIpc) is 3.36. The smallest absolute Gasteiger partial charge is 0.413 e. The van der Waals surface area contributed by atoms with E-state index in [1.807, 2.05) is 18.2 Å². The number of amides is 1. The van der Waals surface area contributed by atoms with Gasteiger partial charge in [-0.2, -0.15) is 5.10 Å². The molecule has 4 rings (SSSR count). The van der Waals surface area contributed by atoms with E-state index in [-0.39, 0.29) is 12.2 Å². The van der Waals surface area contributed by atoms with Crippen molar-refractivity contribution < 1.29 is 24.2 Å². The molecular weight excluding hydrogens is 506 g/mol. The van der Waals surface area contributed by atoms with E-state index in [0.717, 1.165) is 11.9 Å². The number of carbonyl (C=O) groups excluding carboxylic acids is 1. The zero-order valence-corrected chi connectivity index (χ0v) is 22.9. The van der Waals surface area contributed by atoms with Gasteiger partial charge in [-0.1, -0.05) is 69.4 Å². The van der Waals surface area contributed by atoms with Crippen molar-refractivity contribution in [3.63, 3.8) is 0 Å². The highest BCUT2D eigenvalue weighted by Crippen LogP contribution is 2.18. The molecule has 1 heterocycles. The Labute approximate surface area is 234 Å². The number of unbranched alkanes of at least 4 members (excludes halogenated alkanes) is 5. The number of nitrogens with zero attached hydrogens (tertiary/aromatic N) is 2. The van der Waals surface area contributed by atoms with E-state index in [0.29, 0.717) is 23.4 Å². The number of benzene rings is 3. The van der Waals surface area contributed by atoms with Crippen LogP contribution in [0.5, 0.6) is 11.5 Å². The summed E-state index contributed by atoms with van der Waals surface area (Å²) in [5.41, 5.74) is 2.23. The molecule has 0 bridgehead atoms. The van der Waals surface area contributed by atoms with Crippen LogP contribution in [0.3, 0.4) is 0 Å². The first kappa shape index (κ1) is 28.7. The molecule has 0 saturated carbocycles. The van der Waals surface area contributed by atoms with Crippen molar-refractivity contribution in [3.05, 3.63) is 90.1 Å². The van der Waals surface area contributed by atoms with Crippen LogP contribution in [0.4, 0.5) is 4.79 Å². The second-order valence-corrected chi connectivity index (χ2v) is 9.92. The van der Waals surface area contributed by atoms with E-state index in [1.54, 1.807) is 47.3 Å². The van der Waals surface area contributed by atoms with Crippen LogP contribution in [-0.2, 0) is 13.0 Å². The van der Waals surface area contributed by atoms with Crippen LogP contribution in [0, 0.1) is 0 Å². The summed E-state index contributed by atoms with van der Waals surface area (Å²) in [6.07, 6.45) is 9.70. The number of hydrogen-bond acceptors (Lipinski definition) is 5. The van der Waals surface area contributed by atoms with Crippen LogP contribution < -0.4 is 14.8 Å². The van der Waals surface area contributed by atoms with E-state index in [4.69, 9.17) is 9.47 Å². The van der Waals surface area contributed by atoms with Crippen LogP contribution in [0.2, 0.25) is 0 Å². The first-order valence-electron chi connectivity index (χ1n) is 14.0. The zero-order valence-electron chi connectivity index (χ0n) is 22.9. The highest BCUT2D eigenvalue weighted by atomic mass is 16.6. The quantitative estimate of drug-likeness (QED) is 0.159. The number of carboxylic acid groups (broad SMARTS) is 1. The number of carbonyl (C=O) groups is 2. The second-order valence-electron chi connectivity index (χ2n) is 9.92. The fraction of sp³-hybridized carbons (Fsp3) is 0.344. The molecule has 1 atom stereocenters. The molecule has 1 aromatic heterocycles. The monoisotopic (exact) mass is 543 g/mol. The maximum atomic E-state index is 12.7. The third-order valence-electron chi connectivity index (χ3n) is 6.75. The van der Waals surface area contributed by atoms with Gasteiger partial charge in [-0.15, -0.1) is 0 Å². The number of ether oxygens (including phenoxy) is 2. The second kappa shape index (κ2) is 14.7. The van der Waals surface area contributed by atoms with Crippen molar-refractivity contribution in [2.45, 2.75) is 64.5 Å². The minimum Gasteiger partial charge on any atom is -0.491 e. The average molecular weight is 544 g/mol. The lowest BCUT2D eigenvalue weighted by molar-refractivity contribution is 0.0697. The largest absolute Gasteiger partial charge is 0.491 e. The minimum absolute atomic E-state index is 0.190. The highest BCUT2D eigenvalue weighted by Gasteiger charge is 2.18. The number of para-hydroxylation sites is 1. The highest BCUT2D eigenvalue weighted by molar-refractivity contribution is 5.93. The lowest BCUT2D eigenvalue weighted by Crippen LogP contribution is -2.43. The molecule has 1 amide bonds. The topological polar surface area (TPSA) is 103 Å².